The second kappa shape index (κ2) is 3.93. The van der Waals surface area contributed by atoms with E-state index in [2.05, 4.69) is 52.9 Å². The highest BCUT2D eigenvalue weighted by molar-refractivity contribution is 9.10. The molecule has 2 rings (SSSR count). The average Bonchev–Trinajstić information content (AvgIpc) is 2.55. The third kappa shape index (κ3) is 1.56. The van der Waals surface area contributed by atoms with Crippen LogP contribution in [0.25, 0.3) is 0 Å². The third-order valence-electron chi connectivity index (χ3n) is 3.09. The minimum absolute atomic E-state index is 0.724. The molecule has 1 aromatic rings. The van der Waals surface area contributed by atoms with E-state index in [1.807, 2.05) is 0 Å². The van der Waals surface area contributed by atoms with Crippen LogP contribution in [-0.2, 0) is 0 Å². The molecule has 1 unspecified atom stereocenters. The summed E-state index contributed by atoms with van der Waals surface area (Å²) in [5.74, 6) is 0.724. The van der Waals surface area contributed by atoms with E-state index < -0.39 is 0 Å². The number of rotatable bonds is 2. The van der Waals surface area contributed by atoms with Crippen LogP contribution in [0, 0.1) is 0 Å². The molecule has 0 spiro atoms. The first-order valence-electron chi connectivity index (χ1n) is 5.30. The van der Waals surface area contributed by atoms with Crippen molar-refractivity contribution in [1.29, 1.82) is 0 Å². The van der Waals surface area contributed by atoms with Crippen LogP contribution in [0.1, 0.15) is 31.7 Å². The number of likely N-dealkylation sites (N-methyl/N-ethyl adjacent to an activating group) is 1. The van der Waals surface area contributed by atoms with E-state index in [4.69, 9.17) is 0 Å². The molecule has 76 valence electrons. The maximum atomic E-state index is 3.54. The Morgan fingerprint density at radius 3 is 2.86 bits per heavy atom. The third-order valence-corrected chi connectivity index (χ3v) is 3.58. The van der Waals surface area contributed by atoms with Crippen molar-refractivity contribution in [2.45, 2.75) is 26.2 Å². The molecule has 0 saturated heterocycles. The maximum absolute atomic E-state index is 3.54. The van der Waals surface area contributed by atoms with Crippen LogP contribution >= 0.6 is 15.9 Å². The molecular formula is C12H16BrN. The summed E-state index contributed by atoms with van der Waals surface area (Å²) < 4.78 is 1.20. The molecule has 0 aliphatic carbocycles. The lowest BCUT2D eigenvalue weighted by Gasteiger charge is -2.16. The van der Waals surface area contributed by atoms with Gasteiger partial charge in [-0.2, -0.15) is 0 Å². The van der Waals surface area contributed by atoms with Gasteiger partial charge in [-0.1, -0.05) is 22.9 Å². The number of anilines is 1. The molecule has 1 aliphatic rings. The summed E-state index contributed by atoms with van der Waals surface area (Å²) in [7, 11) is 0. The molecule has 0 radical (unpaired) electrons. The highest BCUT2D eigenvalue weighted by Crippen LogP contribution is 2.39. The van der Waals surface area contributed by atoms with Crippen molar-refractivity contribution in [3.05, 3.63) is 28.2 Å². The van der Waals surface area contributed by atoms with Crippen LogP contribution in [-0.4, -0.2) is 13.1 Å². The summed E-state index contributed by atoms with van der Waals surface area (Å²) in [6.45, 7) is 6.81. The van der Waals surface area contributed by atoms with Gasteiger partial charge in [-0.15, -0.1) is 0 Å². The molecule has 1 heterocycles. The molecule has 1 aromatic carbocycles. The number of hydrogen-bond acceptors (Lipinski definition) is 1. The summed E-state index contributed by atoms with van der Waals surface area (Å²) in [6.07, 6.45) is 1.24. The SMILES string of the molecule is CCC1CN(CC)c2ccc(Br)cc21. The largest absolute Gasteiger partial charge is 0.371 e. The molecule has 0 aromatic heterocycles. The van der Waals surface area contributed by atoms with Crippen molar-refractivity contribution in [2.24, 2.45) is 0 Å². The maximum Gasteiger partial charge on any atom is 0.0403 e. The van der Waals surface area contributed by atoms with Gasteiger partial charge in [0.25, 0.3) is 0 Å². The molecule has 1 atom stereocenters. The minimum Gasteiger partial charge on any atom is -0.371 e. The zero-order valence-electron chi connectivity index (χ0n) is 8.76. The van der Waals surface area contributed by atoms with Crippen molar-refractivity contribution in [2.75, 3.05) is 18.0 Å². The predicted molar refractivity (Wildman–Crippen MR) is 65.1 cm³/mol. The summed E-state index contributed by atoms with van der Waals surface area (Å²) in [4.78, 5) is 2.47. The van der Waals surface area contributed by atoms with Crippen LogP contribution in [0.5, 0.6) is 0 Å². The molecule has 0 amide bonds. The monoisotopic (exact) mass is 253 g/mol. The molecule has 0 bridgehead atoms. The Hall–Kier alpha value is -0.500. The molecule has 14 heavy (non-hydrogen) atoms. The van der Waals surface area contributed by atoms with E-state index >= 15 is 0 Å². The van der Waals surface area contributed by atoms with Gasteiger partial charge in [0.1, 0.15) is 0 Å². The fraction of sp³-hybridized carbons (Fsp3) is 0.500. The van der Waals surface area contributed by atoms with Crippen LogP contribution in [0.2, 0.25) is 0 Å². The molecule has 1 aliphatic heterocycles. The lowest BCUT2D eigenvalue weighted by atomic mass is 9.99. The molecule has 0 saturated carbocycles. The Morgan fingerprint density at radius 1 is 1.43 bits per heavy atom. The van der Waals surface area contributed by atoms with Crippen molar-refractivity contribution in [3.8, 4) is 0 Å². The molecule has 0 fully saturated rings. The zero-order valence-corrected chi connectivity index (χ0v) is 10.3. The van der Waals surface area contributed by atoms with Gasteiger partial charge in [0.15, 0.2) is 0 Å². The Labute approximate surface area is 94.2 Å². The first-order valence-corrected chi connectivity index (χ1v) is 6.10. The van der Waals surface area contributed by atoms with Crippen LogP contribution in [0.4, 0.5) is 5.69 Å². The highest BCUT2D eigenvalue weighted by atomic mass is 79.9. The molecule has 1 nitrogen and oxygen atoms in total. The fourth-order valence-electron chi connectivity index (χ4n) is 2.25. The standard InChI is InChI=1S/C12H16BrN/c1-3-9-8-14(4-2)12-6-5-10(13)7-11(9)12/h5-7,9H,3-4,8H2,1-2H3. The van der Waals surface area contributed by atoms with E-state index in [1.165, 1.54) is 28.7 Å². The van der Waals surface area contributed by atoms with Crippen LogP contribution < -0.4 is 4.90 Å². The van der Waals surface area contributed by atoms with E-state index in [0.717, 1.165) is 12.5 Å². The average molecular weight is 254 g/mol. The summed E-state index contributed by atoms with van der Waals surface area (Å²) in [5.41, 5.74) is 2.95. The van der Waals surface area contributed by atoms with Gasteiger partial charge in [-0.05, 0) is 37.1 Å². The Morgan fingerprint density at radius 2 is 2.21 bits per heavy atom. The Balaban J connectivity index is 2.42. The van der Waals surface area contributed by atoms with Gasteiger partial charge in [0, 0.05) is 29.2 Å². The summed E-state index contributed by atoms with van der Waals surface area (Å²) in [5, 5.41) is 0. The Kier molecular flexibility index (Phi) is 2.82. The summed E-state index contributed by atoms with van der Waals surface area (Å²) >= 11 is 3.54. The normalized spacial score (nSPS) is 19.9. The van der Waals surface area contributed by atoms with E-state index in [1.54, 1.807) is 0 Å². The molecular weight excluding hydrogens is 238 g/mol. The lowest BCUT2D eigenvalue weighted by molar-refractivity contribution is 0.680. The van der Waals surface area contributed by atoms with Crippen LogP contribution in [0.3, 0.4) is 0 Å². The van der Waals surface area contributed by atoms with Crippen LogP contribution in [0.15, 0.2) is 22.7 Å². The number of fused-ring (bicyclic) bond motifs is 1. The van der Waals surface area contributed by atoms with Crippen molar-refractivity contribution in [3.63, 3.8) is 0 Å². The minimum atomic E-state index is 0.724. The van der Waals surface area contributed by atoms with Gasteiger partial charge in [0.05, 0.1) is 0 Å². The number of nitrogens with zero attached hydrogens (tertiary/aromatic N) is 1. The second-order valence-corrected chi connectivity index (χ2v) is 4.76. The smallest absolute Gasteiger partial charge is 0.0403 e. The van der Waals surface area contributed by atoms with E-state index in [0.29, 0.717) is 0 Å². The van der Waals surface area contributed by atoms with Gasteiger partial charge >= 0.3 is 0 Å². The molecule has 0 N–H and O–H groups in total. The lowest BCUT2D eigenvalue weighted by Crippen LogP contribution is -2.20. The highest BCUT2D eigenvalue weighted by Gasteiger charge is 2.25. The predicted octanol–water partition coefficient (Wildman–Crippen LogP) is 3.78. The Bertz CT molecular complexity index is 335. The molecule has 2 heteroatoms. The topological polar surface area (TPSA) is 3.24 Å². The first-order chi connectivity index (χ1) is 6.76. The fourth-order valence-corrected chi connectivity index (χ4v) is 2.63. The quantitative estimate of drug-likeness (QED) is 0.776. The van der Waals surface area contributed by atoms with Gasteiger partial charge in [-0.25, -0.2) is 0 Å². The van der Waals surface area contributed by atoms with E-state index in [9.17, 15) is 0 Å². The van der Waals surface area contributed by atoms with Gasteiger partial charge in [-0.3, -0.25) is 0 Å². The van der Waals surface area contributed by atoms with Gasteiger partial charge < -0.3 is 4.90 Å². The van der Waals surface area contributed by atoms with Crippen molar-refractivity contribution < 1.29 is 0 Å². The van der Waals surface area contributed by atoms with Gasteiger partial charge in [0.2, 0.25) is 0 Å². The number of benzene rings is 1. The zero-order chi connectivity index (χ0) is 10.1. The van der Waals surface area contributed by atoms with Crippen molar-refractivity contribution in [1.82, 2.24) is 0 Å². The number of hydrogen-bond donors (Lipinski definition) is 0. The number of halogens is 1. The van der Waals surface area contributed by atoms with E-state index in [-0.39, 0.29) is 0 Å². The summed E-state index contributed by atoms with van der Waals surface area (Å²) in [6, 6.07) is 6.65. The second-order valence-electron chi connectivity index (χ2n) is 3.85. The first kappa shape index (κ1) is 10.0. The van der Waals surface area contributed by atoms with Crippen molar-refractivity contribution >= 4 is 21.6 Å².